The van der Waals surface area contributed by atoms with Gasteiger partial charge in [0.1, 0.15) is 24.3 Å². The summed E-state index contributed by atoms with van der Waals surface area (Å²) in [5.74, 6) is -1.08. The van der Waals surface area contributed by atoms with Gasteiger partial charge < -0.3 is 33.9 Å². The Balaban J connectivity index is 0.000000162. The van der Waals surface area contributed by atoms with Crippen molar-refractivity contribution in [3.63, 3.8) is 0 Å². The fourth-order valence-corrected chi connectivity index (χ4v) is 15.7. The molecule has 0 spiro atoms. The minimum atomic E-state index is -1.02. The molecule has 19 nitrogen and oxygen atoms in total. The first-order valence-electron chi connectivity index (χ1n) is 36.4. The first kappa shape index (κ1) is 72.3. The third kappa shape index (κ3) is 19.2. The molecule has 2 N–H and O–H groups in total. The highest BCUT2D eigenvalue weighted by Crippen LogP contribution is 2.41. The number of imidazole rings is 2. The summed E-state index contributed by atoms with van der Waals surface area (Å²) in [5.41, 5.74) is 13.4. The third-order valence-corrected chi connectivity index (χ3v) is 21.0. The van der Waals surface area contributed by atoms with Crippen molar-refractivity contribution in [1.82, 2.24) is 58.9 Å². The number of aliphatic carboxylic acids is 1. The maximum Gasteiger partial charge on any atom is 0.410 e. The molecule has 3 amide bonds. The van der Waals surface area contributed by atoms with E-state index in [2.05, 4.69) is 101 Å². The van der Waals surface area contributed by atoms with Crippen LogP contribution in [0.25, 0.3) is 0 Å². The zero-order valence-corrected chi connectivity index (χ0v) is 59.9. The van der Waals surface area contributed by atoms with E-state index in [1.165, 1.54) is 28.0 Å². The normalized spacial score (nSPS) is 19.4. The van der Waals surface area contributed by atoms with E-state index in [0.717, 1.165) is 173 Å². The van der Waals surface area contributed by atoms with Crippen LogP contribution in [0.2, 0.25) is 10.0 Å². The summed E-state index contributed by atoms with van der Waals surface area (Å²) >= 11 is 12.8. The molecule has 2 aliphatic heterocycles. The molecule has 2 saturated heterocycles. The molecule has 532 valence electrons. The van der Waals surface area contributed by atoms with E-state index < -0.39 is 24.1 Å². The molecule has 2 saturated carbocycles. The highest BCUT2D eigenvalue weighted by Gasteiger charge is 2.44. The quantitative estimate of drug-likeness (QED) is 0.0770. The number of aromatic nitrogens is 6. The zero-order chi connectivity index (χ0) is 70.0. The second kappa shape index (κ2) is 35.4. The van der Waals surface area contributed by atoms with Crippen molar-refractivity contribution in [3.05, 3.63) is 236 Å². The summed E-state index contributed by atoms with van der Waals surface area (Å²) in [6, 6.07) is 38.8. The molecular formula is C80H96Cl2N12O7. The Morgan fingerprint density at radius 3 is 1.51 bits per heavy atom. The van der Waals surface area contributed by atoms with E-state index in [0.29, 0.717) is 55.9 Å². The molecule has 4 aromatic carbocycles. The second-order valence-electron chi connectivity index (χ2n) is 27.7. The van der Waals surface area contributed by atoms with Gasteiger partial charge in [0.2, 0.25) is 5.91 Å². The summed E-state index contributed by atoms with van der Waals surface area (Å²) in [7, 11) is 0. The summed E-state index contributed by atoms with van der Waals surface area (Å²) in [6.45, 7) is 11.1. The van der Waals surface area contributed by atoms with Crippen molar-refractivity contribution in [2.24, 2.45) is 0 Å². The number of piperazine rings is 2. The summed E-state index contributed by atoms with van der Waals surface area (Å²) in [5, 5.41) is 14.9. The fraction of sp³-hybridized carbons (Fsp3) is 0.450. The molecule has 21 heteroatoms. The molecule has 14 rings (SSSR count). The molecular weight excluding hydrogens is 1310 g/mol. The van der Waals surface area contributed by atoms with E-state index in [1.807, 2.05) is 104 Å². The lowest BCUT2D eigenvalue weighted by molar-refractivity contribution is -0.145. The number of halogens is 2. The Morgan fingerprint density at radius 1 is 0.545 bits per heavy atom. The molecule has 4 atom stereocenters. The van der Waals surface area contributed by atoms with Crippen LogP contribution >= 0.6 is 23.2 Å². The van der Waals surface area contributed by atoms with Crippen LogP contribution in [-0.4, -0.2) is 159 Å². The van der Waals surface area contributed by atoms with Crippen LogP contribution in [0.1, 0.15) is 156 Å². The number of carboxylic acid groups (broad SMARTS) is 1. The third-order valence-electron chi connectivity index (χ3n) is 20.6. The average molecular weight is 1410 g/mol. The molecule has 4 aromatic heterocycles. The van der Waals surface area contributed by atoms with Gasteiger partial charge in [-0.1, -0.05) is 121 Å². The summed E-state index contributed by atoms with van der Waals surface area (Å²) in [6.07, 6.45) is 25.7. The molecule has 0 bridgehead atoms. The number of carboxylic acids is 1. The number of aryl methyl sites for hydroxylation is 8. The van der Waals surface area contributed by atoms with Gasteiger partial charge in [-0.15, -0.1) is 0 Å². The second-order valence-corrected chi connectivity index (χ2v) is 28.6. The van der Waals surface area contributed by atoms with Crippen LogP contribution in [0.5, 0.6) is 0 Å². The van der Waals surface area contributed by atoms with E-state index in [-0.39, 0.29) is 42.8 Å². The van der Waals surface area contributed by atoms with E-state index >= 15 is 0 Å². The van der Waals surface area contributed by atoms with Gasteiger partial charge in [0.05, 0.1) is 47.5 Å². The van der Waals surface area contributed by atoms with Gasteiger partial charge >= 0.3 is 18.2 Å². The number of hydrogen-bond donors (Lipinski definition) is 2. The monoisotopic (exact) mass is 1410 g/mol. The SMILES string of the molecule is Cc1cn(CCCN(Cc2ccccc2)C(=O)[C@H]2CN([C@H]3c4ccc(Cl)cc4CCc4cccnc43)CCN2C(=O)OC2CCCCC2)cn1.Cc1cn(CCCNCc2ccccc2)cn1.O=C(O)C1CN(C2c3ccc(Cl)cc3CCc3cccnc32)CCN1C(=O)OC1CCCCC1. The number of fused-ring (bicyclic) bond motifs is 4. The molecule has 6 heterocycles. The van der Waals surface area contributed by atoms with Gasteiger partial charge in [0.15, 0.2) is 0 Å². The molecule has 6 aliphatic rings. The number of hydrogen-bond acceptors (Lipinski definition) is 13. The van der Waals surface area contributed by atoms with Gasteiger partial charge in [0, 0.05) is 107 Å². The van der Waals surface area contributed by atoms with Crippen LogP contribution < -0.4 is 5.32 Å². The predicted octanol–water partition coefficient (Wildman–Crippen LogP) is 13.8. The van der Waals surface area contributed by atoms with Gasteiger partial charge in [-0.05, 0) is 191 Å². The lowest BCUT2D eigenvalue weighted by Gasteiger charge is -2.45. The number of nitrogens with zero attached hydrogens (tertiary/aromatic N) is 11. The fourth-order valence-electron chi connectivity index (χ4n) is 15.4. The van der Waals surface area contributed by atoms with Crippen molar-refractivity contribution in [2.45, 2.75) is 179 Å². The van der Waals surface area contributed by atoms with E-state index in [4.69, 9.17) is 42.6 Å². The van der Waals surface area contributed by atoms with E-state index in [9.17, 15) is 24.3 Å². The Hall–Kier alpha value is -8.46. The number of pyridine rings is 2. The molecule has 101 heavy (non-hydrogen) atoms. The minimum absolute atomic E-state index is 0.0628. The lowest BCUT2D eigenvalue weighted by atomic mass is 9.95. The van der Waals surface area contributed by atoms with Crippen molar-refractivity contribution >= 4 is 47.3 Å². The van der Waals surface area contributed by atoms with Crippen LogP contribution in [0.3, 0.4) is 0 Å². The smallest absolute Gasteiger partial charge is 0.410 e. The number of nitrogens with one attached hydrogen (secondary N) is 1. The number of carbonyl (C=O) groups excluding carboxylic acids is 3. The Bertz CT molecular complexity index is 4030. The number of rotatable bonds is 18. The largest absolute Gasteiger partial charge is 0.480 e. The lowest BCUT2D eigenvalue weighted by Crippen LogP contribution is -2.62. The van der Waals surface area contributed by atoms with Crippen LogP contribution in [-0.2, 0) is 70.9 Å². The van der Waals surface area contributed by atoms with Crippen LogP contribution in [0.15, 0.2) is 159 Å². The molecule has 4 aliphatic carbocycles. The summed E-state index contributed by atoms with van der Waals surface area (Å²) < 4.78 is 16.1. The molecule has 8 aromatic rings. The first-order chi connectivity index (χ1) is 49.3. The minimum Gasteiger partial charge on any atom is -0.480 e. The molecule has 4 fully saturated rings. The van der Waals surface area contributed by atoms with Crippen molar-refractivity contribution in [2.75, 3.05) is 52.4 Å². The summed E-state index contributed by atoms with van der Waals surface area (Å²) in [4.78, 5) is 82.0. The zero-order valence-electron chi connectivity index (χ0n) is 58.3. The van der Waals surface area contributed by atoms with Gasteiger partial charge in [-0.3, -0.25) is 34.4 Å². The van der Waals surface area contributed by atoms with E-state index in [1.54, 1.807) is 11.1 Å². The van der Waals surface area contributed by atoms with Gasteiger partial charge in [-0.25, -0.2) is 24.4 Å². The highest BCUT2D eigenvalue weighted by atomic mass is 35.5. The Morgan fingerprint density at radius 2 is 1.02 bits per heavy atom. The van der Waals surface area contributed by atoms with Crippen LogP contribution in [0, 0.1) is 13.8 Å². The number of ether oxygens (including phenoxy) is 2. The predicted molar refractivity (Wildman–Crippen MR) is 392 cm³/mol. The molecule has 0 radical (unpaired) electrons. The topological polar surface area (TPSA) is 197 Å². The number of carbonyl (C=O) groups is 4. The van der Waals surface area contributed by atoms with Crippen LogP contribution in [0.4, 0.5) is 9.59 Å². The maximum absolute atomic E-state index is 15.0. The first-order valence-corrected chi connectivity index (χ1v) is 37.2. The van der Waals surface area contributed by atoms with Gasteiger partial charge in [0.25, 0.3) is 0 Å². The Labute approximate surface area is 604 Å². The van der Waals surface area contributed by atoms with Gasteiger partial charge in [-0.2, -0.15) is 0 Å². The molecule has 2 unspecified atom stereocenters. The van der Waals surface area contributed by atoms with Crippen molar-refractivity contribution < 1.29 is 33.8 Å². The average Bonchev–Trinajstić information content (AvgIpc) is 1.76. The number of amides is 3. The standard InChI is InChI=1S/C40H47ClN6O3.C26H30ClN3O4.C14H19N3/c1-29-25-44(28-43-29)20-9-21-46(26-30-10-4-2-5-11-30)39(48)36-27-45(22-23-47(36)40(49)50-34-13-6-3-7-14-34)38-35-18-17-33(41)24-32(35)16-15-31-12-8-19-42-37(31)38;27-19-10-11-21-18(15-19)9-8-17-5-4-12-28-23(17)24(21)29-13-14-30(22(16-29)25(31)32)26(33)34-20-6-2-1-3-7-20;1-13-11-17(12-16-13)9-5-8-15-10-14-6-3-2-4-7-14/h2,4-5,8,10-12,17-19,24-25,28,34,36,38H,3,6-7,9,13-16,20-23,26-27H2,1H3;4-5,10-12,15,20,22,24H,1-3,6-9,13-14,16H2,(H,31,32);2-4,6-7,11-12,15H,5,8-10H2,1H3/t36-,38+;;/m1../s1. The Kier molecular flexibility index (Phi) is 25.4. The highest BCUT2D eigenvalue weighted by molar-refractivity contribution is 6.31. The van der Waals surface area contributed by atoms with Crippen molar-refractivity contribution in [1.29, 1.82) is 0 Å². The number of benzene rings is 4. The maximum atomic E-state index is 15.0. The van der Waals surface area contributed by atoms with Crippen molar-refractivity contribution in [3.8, 4) is 0 Å².